The predicted octanol–water partition coefficient (Wildman–Crippen LogP) is 4.08. The van der Waals surface area contributed by atoms with Gasteiger partial charge in [0.2, 0.25) is 0 Å². The lowest BCUT2D eigenvalue weighted by molar-refractivity contribution is 0.306. The van der Waals surface area contributed by atoms with Crippen molar-refractivity contribution in [1.29, 1.82) is 0 Å². The molecule has 0 radical (unpaired) electrons. The second kappa shape index (κ2) is 6.04. The molecule has 2 nitrogen and oxygen atoms in total. The maximum Gasteiger partial charge on any atom is 0.124 e. The summed E-state index contributed by atoms with van der Waals surface area (Å²) in [5, 5.41) is 0.368. The monoisotopic (exact) mass is 279 g/mol. The largest absolute Gasteiger partial charge is 0.489 e. The molecule has 0 aromatic heterocycles. The Kier molecular flexibility index (Phi) is 4.40. The van der Waals surface area contributed by atoms with Crippen LogP contribution in [0.2, 0.25) is 5.02 Å². The van der Waals surface area contributed by atoms with Gasteiger partial charge in [-0.05, 0) is 36.8 Å². The standard InChI is InChI=1S/C15H15ClFNO/c1-10(18)11-3-6-14(7-4-11)19-9-12-2-5-13(17)8-15(12)16/h2-8,10H,9,18H2,1H3. The van der Waals surface area contributed by atoms with Gasteiger partial charge in [0.1, 0.15) is 18.2 Å². The van der Waals surface area contributed by atoms with E-state index in [1.165, 1.54) is 12.1 Å². The Bertz CT molecular complexity index is 555. The van der Waals surface area contributed by atoms with Crippen molar-refractivity contribution in [2.75, 3.05) is 0 Å². The van der Waals surface area contributed by atoms with Gasteiger partial charge in [-0.15, -0.1) is 0 Å². The van der Waals surface area contributed by atoms with Crippen LogP contribution in [0.15, 0.2) is 42.5 Å². The van der Waals surface area contributed by atoms with Crippen molar-refractivity contribution in [3.8, 4) is 5.75 Å². The molecule has 0 saturated heterocycles. The average molecular weight is 280 g/mol. The maximum absolute atomic E-state index is 12.9. The fourth-order valence-electron chi connectivity index (χ4n) is 1.67. The van der Waals surface area contributed by atoms with Gasteiger partial charge in [-0.2, -0.15) is 0 Å². The van der Waals surface area contributed by atoms with Crippen molar-refractivity contribution >= 4 is 11.6 Å². The van der Waals surface area contributed by atoms with Crippen LogP contribution in [0.5, 0.6) is 5.75 Å². The average Bonchev–Trinajstić information content (AvgIpc) is 2.38. The van der Waals surface area contributed by atoms with Crippen molar-refractivity contribution in [1.82, 2.24) is 0 Å². The van der Waals surface area contributed by atoms with Crippen LogP contribution in [0.3, 0.4) is 0 Å². The molecule has 2 N–H and O–H groups in total. The van der Waals surface area contributed by atoms with Gasteiger partial charge in [-0.3, -0.25) is 0 Å². The minimum atomic E-state index is -0.352. The van der Waals surface area contributed by atoms with E-state index in [0.29, 0.717) is 11.6 Å². The topological polar surface area (TPSA) is 35.2 Å². The number of hydrogen-bond acceptors (Lipinski definition) is 2. The molecular weight excluding hydrogens is 265 g/mol. The van der Waals surface area contributed by atoms with E-state index in [2.05, 4.69) is 0 Å². The highest BCUT2D eigenvalue weighted by molar-refractivity contribution is 6.31. The quantitative estimate of drug-likeness (QED) is 0.915. The molecule has 1 unspecified atom stereocenters. The first-order chi connectivity index (χ1) is 9.06. The summed E-state index contributed by atoms with van der Waals surface area (Å²) in [5.41, 5.74) is 7.57. The van der Waals surface area contributed by atoms with E-state index in [1.807, 2.05) is 31.2 Å². The summed E-state index contributed by atoms with van der Waals surface area (Å²) in [6, 6.07) is 11.8. The molecule has 0 amide bonds. The van der Waals surface area contributed by atoms with Crippen LogP contribution in [-0.4, -0.2) is 0 Å². The lowest BCUT2D eigenvalue weighted by Gasteiger charge is -2.10. The summed E-state index contributed by atoms with van der Waals surface area (Å²) < 4.78 is 18.5. The molecule has 0 spiro atoms. The van der Waals surface area contributed by atoms with E-state index in [0.717, 1.165) is 16.9 Å². The maximum atomic E-state index is 12.9. The number of halogens is 2. The molecule has 0 aliphatic heterocycles. The molecule has 4 heteroatoms. The zero-order valence-corrected chi connectivity index (χ0v) is 11.3. The molecule has 2 aromatic carbocycles. The molecule has 2 aromatic rings. The summed E-state index contributed by atoms with van der Waals surface area (Å²) in [6.07, 6.45) is 0. The zero-order chi connectivity index (χ0) is 13.8. The van der Waals surface area contributed by atoms with Gasteiger partial charge in [0.25, 0.3) is 0 Å². The lowest BCUT2D eigenvalue weighted by atomic mass is 10.1. The van der Waals surface area contributed by atoms with Gasteiger partial charge in [0, 0.05) is 11.6 Å². The van der Waals surface area contributed by atoms with Crippen LogP contribution in [0, 0.1) is 5.82 Å². The van der Waals surface area contributed by atoms with Crippen LogP contribution >= 0.6 is 11.6 Å². The molecule has 0 aliphatic rings. The summed E-state index contributed by atoms with van der Waals surface area (Å²) >= 11 is 5.93. The van der Waals surface area contributed by atoms with Crippen molar-refractivity contribution in [3.63, 3.8) is 0 Å². The molecule has 1 atom stereocenters. The minimum Gasteiger partial charge on any atom is -0.489 e. The van der Waals surface area contributed by atoms with Gasteiger partial charge in [0.15, 0.2) is 0 Å². The van der Waals surface area contributed by atoms with Gasteiger partial charge in [-0.1, -0.05) is 29.8 Å². The highest BCUT2D eigenvalue weighted by Crippen LogP contribution is 2.21. The van der Waals surface area contributed by atoms with Crippen LogP contribution < -0.4 is 10.5 Å². The third-order valence-electron chi connectivity index (χ3n) is 2.82. The first-order valence-electron chi connectivity index (χ1n) is 5.98. The van der Waals surface area contributed by atoms with Crippen molar-refractivity contribution in [3.05, 3.63) is 64.4 Å². The molecule has 0 bridgehead atoms. The fraction of sp³-hybridized carbons (Fsp3) is 0.200. The van der Waals surface area contributed by atoms with E-state index in [9.17, 15) is 4.39 Å². The van der Waals surface area contributed by atoms with Gasteiger partial charge in [0.05, 0.1) is 5.02 Å². The van der Waals surface area contributed by atoms with Crippen molar-refractivity contribution in [2.24, 2.45) is 5.73 Å². The molecular formula is C15H15ClFNO. The number of hydrogen-bond donors (Lipinski definition) is 1. The Morgan fingerprint density at radius 1 is 1.21 bits per heavy atom. The van der Waals surface area contributed by atoms with Gasteiger partial charge >= 0.3 is 0 Å². The van der Waals surface area contributed by atoms with E-state index in [1.54, 1.807) is 6.07 Å². The molecule has 0 fully saturated rings. The van der Waals surface area contributed by atoms with Crippen LogP contribution in [0.1, 0.15) is 24.1 Å². The fourth-order valence-corrected chi connectivity index (χ4v) is 1.89. The van der Waals surface area contributed by atoms with Gasteiger partial charge < -0.3 is 10.5 Å². The van der Waals surface area contributed by atoms with E-state index >= 15 is 0 Å². The van der Waals surface area contributed by atoms with E-state index in [-0.39, 0.29) is 11.9 Å². The smallest absolute Gasteiger partial charge is 0.124 e. The molecule has 0 aliphatic carbocycles. The second-order valence-corrected chi connectivity index (χ2v) is 4.79. The lowest BCUT2D eigenvalue weighted by Crippen LogP contribution is -2.04. The Balaban J connectivity index is 2.02. The number of nitrogens with two attached hydrogens (primary N) is 1. The molecule has 0 saturated carbocycles. The number of ether oxygens (including phenoxy) is 1. The Morgan fingerprint density at radius 2 is 1.89 bits per heavy atom. The third-order valence-corrected chi connectivity index (χ3v) is 3.17. The normalized spacial score (nSPS) is 12.2. The summed E-state index contributed by atoms with van der Waals surface area (Å²) in [6.45, 7) is 2.23. The number of benzene rings is 2. The predicted molar refractivity (Wildman–Crippen MR) is 74.8 cm³/mol. The first-order valence-corrected chi connectivity index (χ1v) is 6.36. The summed E-state index contributed by atoms with van der Waals surface area (Å²) in [5.74, 6) is 0.375. The second-order valence-electron chi connectivity index (χ2n) is 4.38. The minimum absolute atomic E-state index is 0.000549. The molecule has 2 rings (SSSR count). The van der Waals surface area contributed by atoms with Crippen molar-refractivity contribution in [2.45, 2.75) is 19.6 Å². The zero-order valence-electron chi connectivity index (χ0n) is 10.6. The molecule has 19 heavy (non-hydrogen) atoms. The Labute approximate surface area is 117 Å². The highest BCUT2D eigenvalue weighted by Gasteiger charge is 2.04. The Morgan fingerprint density at radius 3 is 2.47 bits per heavy atom. The summed E-state index contributed by atoms with van der Waals surface area (Å²) in [7, 11) is 0. The highest BCUT2D eigenvalue weighted by atomic mass is 35.5. The van der Waals surface area contributed by atoms with E-state index < -0.39 is 0 Å². The third kappa shape index (κ3) is 3.69. The van der Waals surface area contributed by atoms with E-state index in [4.69, 9.17) is 22.1 Å². The van der Waals surface area contributed by atoms with Crippen LogP contribution in [0.25, 0.3) is 0 Å². The number of rotatable bonds is 4. The molecule has 100 valence electrons. The van der Waals surface area contributed by atoms with Crippen molar-refractivity contribution < 1.29 is 9.13 Å². The summed E-state index contributed by atoms with van der Waals surface area (Å²) in [4.78, 5) is 0. The SMILES string of the molecule is CC(N)c1ccc(OCc2ccc(F)cc2Cl)cc1. The first kappa shape index (κ1) is 13.8. The van der Waals surface area contributed by atoms with Crippen LogP contribution in [-0.2, 0) is 6.61 Å². The van der Waals surface area contributed by atoms with Gasteiger partial charge in [-0.25, -0.2) is 4.39 Å². The Hall–Kier alpha value is -1.58. The van der Waals surface area contributed by atoms with Crippen LogP contribution in [0.4, 0.5) is 4.39 Å². The molecule has 0 heterocycles.